The second-order valence-corrected chi connectivity index (χ2v) is 4.43. The lowest BCUT2D eigenvalue weighted by Gasteiger charge is -2.13. The van der Waals surface area contributed by atoms with E-state index in [2.05, 4.69) is 4.90 Å². The van der Waals surface area contributed by atoms with Crippen LogP contribution in [-0.2, 0) is 0 Å². The highest BCUT2D eigenvalue weighted by Gasteiger charge is 2.11. The maximum absolute atomic E-state index is 11.8. The Morgan fingerprint density at radius 3 is 2.56 bits per heavy atom. The molecule has 0 saturated heterocycles. The Kier molecular flexibility index (Phi) is 7.64. The third-order valence-corrected chi connectivity index (χ3v) is 2.55. The minimum atomic E-state index is 0. The summed E-state index contributed by atoms with van der Waals surface area (Å²) < 4.78 is 5.66. The van der Waals surface area contributed by atoms with E-state index >= 15 is 0 Å². The molecule has 1 rings (SSSR count). The van der Waals surface area contributed by atoms with Gasteiger partial charge in [0.2, 0.25) is 0 Å². The normalized spacial score (nSPS) is 10.1. The summed E-state index contributed by atoms with van der Waals surface area (Å²) in [5.74, 6) is 0.831. The van der Waals surface area contributed by atoms with Crippen LogP contribution in [0, 0.1) is 6.92 Å². The lowest BCUT2D eigenvalue weighted by atomic mass is 10.1. The highest BCUT2D eigenvalue weighted by molar-refractivity contribution is 5.98. The topological polar surface area (TPSA) is 29.5 Å². The van der Waals surface area contributed by atoms with Crippen LogP contribution >= 0.6 is 12.4 Å². The molecular weight excluding hydrogens is 250 g/mol. The number of carbonyl (C=O) groups excluding carboxylic acids is 1. The number of Topliss-reactive ketones (excluding diaryl/α,β-unsaturated/α-hetero) is 1. The van der Waals surface area contributed by atoms with Crippen molar-refractivity contribution in [2.45, 2.75) is 20.3 Å². The van der Waals surface area contributed by atoms with Gasteiger partial charge in [-0.3, -0.25) is 4.79 Å². The molecule has 0 bridgehead atoms. The van der Waals surface area contributed by atoms with E-state index < -0.39 is 0 Å². The van der Waals surface area contributed by atoms with Gasteiger partial charge in [-0.05, 0) is 33.2 Å². The summed E-state index contributed by atoms with van der Waals surface area (Å²) in [6, 6.07) is 5.75. The summed E-state index contributed by atoms with van der Waals surface area (Å²) in [5, 5.41) is 0. The molecule has 4 heteroatoms. The molecule has 1 aromatic rings. The van der Waals surface area contributed by atoms with E-state index in [9.17, 15) is 4.79 Å². The molecule has 0 aliphatic heterocycles. The number of hydrogen-bond acceptors (Lipinski definition) is 3. The summed E-state index contributed by atoms with van der Waals surface area (Å²) in [6.45, 7) is 5.29. The molecule has 1 aromatic carbocycles. The Balaban J connectivity index is 0.00000289. The van der Waals surface area contributed by atoms with Crippen LogP contribution in [0.15, 0.2) is 18.2 Å². The van der Waals surface area contributed by atoms with Crippen molar-refractivity contribution >= 4 is 18.2 Å². The fourth-order valence-electron chi connectivity index (χ4n) is 1.52. The first-order chi connectivity index (χ1) is 8.04. The molecule has 0 amide bonds. The molecule has 0 N–H and O–H groups in total. The third kappa shape index (κ3) is 5.07. The number of nitrogens with zero attached hydrogens (tertiary/aromatic N) is 1. The highest BCUT2D eigenvalue weighted by Crippen LogP contribution is 2.21. The number of carbonyl (C=O) groups is 1. The Morgan fingerprint density at radius 2 is 2.00 bits per heavy atom. The van der Waals surface area contributed by atoms with Crippen molar-refractivity contribution in [2.75, 3.05) is 27.2 Å². The van der Waals surface area contributed by atoms with Gasteiger partial charge in [-0.25, -0.2) is 0 Å². The zero-order valence-corrected chi connectivity index (χ0v) is 12.3. The van der Waals surface area contributed by atoms with Crippen molar-refractivity contribution in [1.29, 1.82) is 0 Å². The maximum atomic E-state index is 11.8. The van der Waals surface area contributed by atoms with E-state index in [1.165, 1.54) is 0 Å². The highest BCUT2D eigenvalue weighted by atomic mass is 35.5. The average Bonchev–Trinajstić information content (AvgIpc) is 2.29. The van der Waals surface area contributed by atoms with Gasteiger partial charge in [0.1, 0.15) is 12.4 Å². The van der Waals surface area contributed by atoms with Crippen LogP contribution in [0.3, 0.4) is 0 Å². The van der Waals surface area contributed by atoms with E-state index in [0.717, 1.165) is 12.1 Å². The third-order valence-electron chi connectivity index (χ3n) is 2.55. The van der Waals surface area contributed by atoms with Crippen molar-refractivity contribution in [3.05, 3.63) is 29.3 Å². The molecule has 102 valence electrons. The summed E-state index contributed by atoms with van der Waals surface area (Å²) in [5.41, 5.74) is 1.79. The molecule has 0 aliphatic carbocycles. The number of benzene rings is 1. The molecule has 3 nitrogen and oxygen atoms in total. The number of hydrogen-bond donors (Lipinski definition) is 0. The first-order valence-electron chi connectivity index (χ1n) is 5.96. The van der Waals surface area contributed by atoms with Crippen LogP contribution in [0.25, 0.3) is 0 Å². The van der Waals surface area contributed by atoms with Gasteiger partial charge in [0.05, 0.1) is 5.56 Å². The van der Waals surface area contributed by atoms with E-state index in [0.29, 0.717) is 24.3 Å². The molecule has 0 aromatic heterocycles. The Morgan fingerprint density at radius 1 is 1.33 bits per heavy atom. The molecule has 0 fully saturated rings. The first-order valence-corrected chi connectivity index (χ1v) is 5.96. The zero-order chi connectivity index (χ0) is 12.8. The van der Waals surface area contributed by atoms with E-state index in [4.69, 9.17) is 4.74 Å². The summed E-state index contributed by atoms with van der Waals surface area (Å²) >= 11 is 0. The van der Waals surface area contributed by atoms with Crippen molar-refractivity contribution in [1.82, 2.24) is 4.90 Å². The number of ketones is 1. The predicted molar refractivity (Wildman–Crippen MR) is 77.1 cm³/mol. The molecule has 0 spiro atoms. The Hall–Kier alpha value is -1.06. The van der Waals surface area contributed by atoms with Crippen LogP contribution in [0.2, 0.25) is 0 Å². The largest absolute Gasteiger partial charge is 0.491 e. The van der Waals surface area contributed by atoms with Crippen LogP contribution in [-0.4, -0.2) is 37.9 Å². The van der Waals surface area contributed by atoms with E-state index in [1.54, 1.807) is 0 Å². The number of aryl methyl sites for hydroxylation is 1. The fourth-order valence-corrected chi connectivity index (χ4v) is 1.52. The van der Waals surface area contributed by atoms with E-state index in [1.807, 2.05) is 46.1 Å². The summed E-state index contributed by atoms with van der Waals surface area (Å²) in [6.07, 6.45) is 0.507. The Labute approximate surface area is 116 Å². The lowest BCUT2D eigenvalue weighted by molar-refractivity contribution is 0.0983. The van der Waals surface area contributed by atoms with Gasteiger partial charge >= 0.3 is 0 Å². The van der Waals surface area contributed by atoms with Crippen molar-refractivity contribution < 1.29 is 9.53 Å². The van der Waals surface area contributed by atoms with Gasteiger partial charge in [0.15, 0.2) is 5.78 Å². The van der Waals surface area contributed by atoms with Gasteiger partial charge in [-0.15, -0.1) is 12.4 Å². The van der Waals surface area contributed by atoms with Crippen LogP contribution in [0.4, 0.5) is 0 Å². The molecule has 0 saturated carbocycles. The van der Waals surface area contributed by atoms with Gasteiger partial charge < -0.3 is 9.64 Å². The van der Waals surface area contributed by atoms with Gasteiger partial charge in [0, 0.05) is 13.0 Å². The van der Waals surface area contributed by atoms with Gasteiger partial charge in [-0.1, -0.05) is 18.6 Å². The number of halogens is 1. The second kappa shape index (κ2) is 8.11. The zero-order valence-electron chi connectivity index (χ0n) is 11.5. The molecular formula is C14H22ClNO2. The molecule has 0 unspecified atom stereocenters. The quantitative estimate of drug-likeness (QED) is 0.745. The second-order valence-electron chi connectivity index (χ2n) is 4.43. The van der Waals surface area contributed by atoms with Crippen molar-refractivity contribution in [3.8, 4) is 5.75 Å². The SMILES string of the molecule is CCC(=O)c1cc(C)ccc1OCCN(C)C.Cl. The predicted octanol–water partition coefficient (Wildman–Crippen LogP) is 2.95. The van der Waals surface area contributed by atoms with Gasteiger partial charge in [-0.2, -0.15) is 0 Å². The Bertz CT molecular complexity index is 391. The number of likely N-dealkylation sites (N-methyl/N-ethyl adjacent to an activating group) is 1. The maximum Gasteiger partial charge on any atom is 0.166 e. The molecule has 0 aliphatic rings. The number of rotatable bonds is 6. The van der Waals surface area contributed by atoms with Crippen molar-refractivity contribution in [2.24, 2.45) is 0 Å². The molecule has 0 atom stereocenters. The van der Waals surface area contributed by atoms with Crippen LogP contribution in [0.5, 0.6) is 5.75 Å². The minimum absolute atomic E-state index is 0. The standard InChI is InChI=1S/C14H21NO2.ClH/c1-5-13(16)12-10-11(2)6-7-14(12)17-9-8-15(3)4;/h6-7,10H,5,8-9H2,1-4H3;1H. The smallest absolute Gasteiger partial charge is 0.166 e. The van der Waals surface area contributed by atoms with Crippen LogP contribution in [0.1, 0.15) is 29.3 Å². The lowest BCUT2D eigenvalue weighted by Crippen LogP contribution is -2.20. The summed E-state index contributed by atoms with van der Waals surface area (Å²) in [7, 11) is 3.99. The molecule has 0 heterocycles. The van der Waals surface area contributed by atoms with E-state index in [-0.39, 0.29) is 18.2 Å². The summed E-state index contributed by atoms with van der Waals surface area (Å²) in [4.78, 5) is 13.8. The fraction of sp³-hybridized carbons (Fsp3) is 0.500. The van der Waals surface area contributed by atoms with Crippen LogP contribution < -0.4 is 4.74 Å². The number of ether oxygens (including phenoxy) is 1. The van der Waals surface area contributed by atoms with Crippen molar-refractivity contribution in [3.63, 3.8) is 0 Å². The average molecular weight is 272 g/mol. The molecule has 0 radical (unpaired) electrons. The van der Waals surface area contributed by atoms with Gasteiger partial charge in [0.25, 0.3) is 0 Å². The minimum Gasteiger partial charge on any atom is -0.491 e. The molecule has 18 heavy (non-hydrogen) atoms. The first kappa shape index (κ1) is 16.9. The monoisotopic (exact) mass is 271 g/mol.